The molecule has 0 spiro atoms. The fourth-order valence-corrected chi connectivity index (χ4v) is 2.71. The van der Waals surface area contributed by atoms with Crippen LogP contribution in [0.3, 0.4) is 0 Å². The molecule has 0 fully saturated rings. The van der Waals surface area contributed by atoms with Crippen LogP contribution < -0.4 is 4.72 Å². The Morgan fingerprint density at radius 3 is 2.37 bits per heavy atom. The summed E-state index contributed by atoms with van der Waals surface area (Å²) in [5.41, 5.74) is 1.05. The molecule has 19 heavy (non-hydrogen) atoms. The van der Waals surface area contributed by atoms with E-state index in [9.17, 15) is 8.42 Å². The standard InChI is InChI=1S/C12H10Cl2N2O2S/c1-8-6-10(7-15-12(8)14)16-19(17,18)11-4-2-9(13)3-5-11/h2-7,16H,1H3. The lowest BCUT2D eigenvalue weighted by Gasteiger charge is -2.08. The normalized spacial score (nSPS) is 11.3. The van der Waals surface area contributed by atoms with Crippen LogP contribution in [0.4, 0.5) is 5.69 Å². The van der Waals surface area contributed by atoms with E-state index in [0.29, 0.717) is 21.4 Å². The van der Waals surface area contributed by atoms with Gasteiger partial charge in [-0.05, 0) is 42.8 Å². The molecule has 1 heterocycles. The van der Waals surface area contributed by atoms with Crippen LogP contribution in [0.1, 0.15) is 5.56 Å². The molecule has 0 amide bonds. The monoisotopic (exact) mass is 316 g/mol. The zero-order valence-electron chi connectivity index (χ0n) is 9.89. The third-order valence-corrected chi connectivity index (χ3v) is 4.44. The molecule has 0 bridgehead atoms. The fourth-order valence-electron chi connectivity index (χ4n) is 1.44. The smallest absolute Gasteiger partial charge is 0.261 e. The molecule has 2 rings (SSSR count). The van der Waals surface area contributed by atoms with Gasteiger partial charge in [-0.3, -0.25) is 4.72 Å². The van der Waals surface area contributed by atoms with Gasteiger partial charge < -0.3 is 0 Å². The van der Waals surface area contributed by atoms with Gasteiger partial charge in [-0.1, -0.05) is 23.2 Å². The SMILES string of the molecule is Cc1cc(NS(=O)(=O)c2ccc(Cl)cc2)cnc1Cl. The largest absolute Gasteiger partial charge is 0.278 e. The number of nitrogens with one attached hydrogen (secondary N) is 1. The van der Waals surface area contributed by atoms with E-state index in [0.717, 1.165) is 0 Å². The number of hydrogen-bond donors (Lipinski definition) is 1. The molecule has 0 aliphatic heterocycles. The summed E-state index contributed by atoms with van der Waals surface area (Å²) < 4.78 is 26.6. The Morgan fingerprint density at radius 2 is 1.79 bits per heavy atom. The molecule has 0 radical (unpaired) electrons. The number of halogens is 2. The summed E-state index contributed by atoms with van der Waals surface area (Å²) in [5.74, 6) is 0. The number of benzene rings is 1. The maximum absolute atomic E-state index is 12.1. The van der Waals surface area contributed by atoms with Gasteiger partial charge in [-0.25, -0.2) is 13.4 Å². The quantitative estimate of drug-likeness (QED) is 0.882. The summed E-state index contributed by atoms with van der Waals surface area (Å²) in [6, 6.07) is 7.51. The van der Waals surface area contributed by atoms with Crippen LogP contribution in [0.25, 0.3) is 0 Å². The molecule has 0 aliphatic rings. The average molecular weight is 317 g/mol. The minimum atomic E-state index is -3.65. The third-order valence-electron chi connectivity index (χ3n) is 2.39. The van der Waals surface area contributed by atoms with E-state index in [1.165, 1.54) is 30.5 Å². The summed E-state index contributed by atoms with van der Waals surface area (Å²) in [4.78, 5) is 4.02. The van der Waals surface area contributed by atoms with Crippen LogP contribution in [-0.2, 0) is 10.0 Å². The number of anilines is 1. The lowest BCUT2D eigenvalue weighted by molar-refractivity contribution is 0.601. The predicted molar refractivity (Wildman–Crippen MR) is 76.2 cm³/mol. The minimum absolute atomic E-state index is 0.129. The first-order chi connectivity index (χ1) is 8.88. The van der Waals surface area contributed by atoms with Gasteiger partial charge in [0.2, 0.25) is 0 Å². The van der Waals surface area contributed by atoms with E-state index >= 15 is 0 Å². The van der Waals surface area contributed by atoms with Crippen LogP contribution in [0.5, 0.6) is 0 Å². The molecule has 100 valence electrons. The highest BCUT2D eigenvalue weighted by atomic mass is 35.5. The van der Waals surface area contributed by atoms with Crippen LogP contribution in [0.2, 0.25) is 10.2 Å². The van der Waals surface area contributed by atoms with Crippen molar-refractivity contribution in [3.05, 3.63) is 52.3 Å². The lowest BCUT2D eigenvalue weighted by Crippen LogP contribution is -2.13. The molecule has 0 aliphatic carbocycles. The average Bonchev–Trinajstić information content (AvgIpc) is 2.34. The van der Waals surface area contributed by atoms with E-state index in [-0.39, 0.29) is 4.90 Å². The van der Waals surface area contributed by atoms with Crippen molar-refractivity contribution in [2.75, 3.05) is 4.72 Å². The van der Waals surface area contributed by atoms with Crippen molar-refractivity contribution < 1.29 is 8.42 Å². The van der Waals surface area contributed by atoms with Crippen molar-refractivity contribution in [2.45, 2.75) is 11.8 Å². The minimum Gasteiger partial charge on any atom is -0.278 e. The highest BCUT2D eigenvalue weighted by Crippen LogP contribution is 2.20. The highest BCUT2D eigenvalue weighted by Gasteiger charge is 2.14. The van der Waals surface area contributed by atoms with Gasteiger partial charge in [0.25, 0.3) is 10.0 Å². The summed E-state index contributed by atoms with van der Waals surface area (Å²) >= 11 is 11.5. The van der Waals surface area contributed by atoms with Gasteiger partial charge >= 0.3 is 0 Å². The Bertz CT molecular complexity index is 700. The molecule has 0 unspecified atom stereocenters. The topological polar surface area (TPSA) is 59.1 Å². The molecule has 4 nitrogen and oxygen atoms in total. The summed E-state index contributed by atoms with van der Waals surface area (Å²) in [7, 11) is -3.65. The Kier molecular flexibility index (Phi) is 3.99. The molecule has 0 atom stereocenters. The molecule has 1 N–H and O–H groups in total. The van der Waals surface area contributed by atoms with Gasteiger partial charge in [-0.15, -0.1) is 0 Å². The predicted octanol–water partition coefficient (Wildman–Crippen LogP) is 3.50. The van der Waals surface area contributed by atoms with Crippen LogP contribution in [0.15, 0.2) is 41.4 Å². The van der Waals surface area contributed by atoms with Crippen molar-refractivity contribution >= 4 is 38.9 Å². The molecule has 1 aromatic carbocycles. The van der Waals surface area contributed by atoms with E-state index in [1.54, 1.807) is 13.0 Å². The number of rotatable bonds is 3. The Balaban J connectivity index is 2.30. The van der Waals surface area contributed by atoms with E-state index in [2.05, 4.69) is 9.71 Å². The molecule has 1 aromatic heterocycles. The molecule has 0 saturated heterocycles. The summed E-state index contributed by atoms with van der Waals surface area (Å²) in [5, 5.41) is 0.817. The first-order valence-corrected chi connectivity index (χ1v) is 7.53. The van der Waals surface area contributed by atoms with Gasteiger partial charge in [-0.2, -0.15) is 0 Å². The first-order valence-electron chi connectivity index (χ1n) is 5.29. The van der Waals surface area contributed by atoms with Crippen LogP contribution >= 0.6 is 23.2 Å². The second-order valence-corrected chi connectivity index (χ2v) is 6.37. The van der Waals surface area contributed by atoms with Crippen molar-refractivity contribution in [3.8, 4) is 0 Å². The maximum atomic E-state index is 12.1. The second-order valence-electron chi connectivity index (χ2n) is 3.89. The van der Waals surface area contributed by atoms with Gasteiger partial charge in [0.15, 0.2) is 0 Å². The third kappa shape index (κ3) is 3.37. The Labute approximate surface area is 121 Å². The first kappa shape index (κ1) is 14.1. The molecule has 0 saturated carbocycles. The van der Waals surface area contributed by atoms with Crippen molar-refractivity contribution in [1.82, 2.24) is 4.98 Å². The lowest BCUT2D eigenvalue weighted by atomic mass is 10.3. The zero-order chi connectivity index (χ0) is 14.0. The van der Waals surface area contributed by atoms with E-state index < -0.39 is 10.0 Å². The van der Waals surface area contributed by atoms with Crippen molar-refractivity contribution in [1.29, 1.82) is 0 Å². The molecule has 7 heteroatoms. The molecule has 2 aromatic rings. The number of sulfonamides is 1. The highest BCUT2D eigenvalue weighted by molar-refractivity contribution is 7.92. The fraction of sp³-hybridized carbons (Fsp3) is 0.0833. The van der Waals surface area contributed by atoms with Gasteiger partial charge in [0.05, 0.1) is 16.8 Å². The Morgan fingerprint density at radius 1 is 1.16 bits per heavy atom. The number of pyridine rings is 1. The van der Waals surface area contributed by atoms with Crippen molar-refractivity contribution in [3.63, 3.8) is 0 Å². The number of aryl methyl sites for hydroxylation is 1. The summed E-state index contributed by atoms with van der Waals surface area (Å²) in [6.07, 6.45) is 1.36. The van der Waals surface area contributed by atoms with Crippen LogP contribution in [0, 0.1) is 6.92 Å². The zero-order valence-corrected chi connectivity index (χ0v) is 12.2. The number of hydrogen-bond acceptors (Lipinski definition) is 3. The van der Waals surface area contributed by atoms with E-state index in [4.69, 9.17) is 23.2 Å². The maximum Gasteiger partial charge on any atom is 0.261 e. The van der Waals surface area contributed by atoms with Crippen molar-refractivity contribution in [2.24, 2.45) is 0 Å². The van der Waals surface area contributed by atoms with Gasteiger partial charge in [0, 0.05) is 5.02 Å². The Hall–Kier alpha value is -1.30. The second kappa shape index (κ2) is 5.36. The molecular weight excluding hydrogens is 307 g/mol. The van der Waals surface area contributed by atoms with E-state index in [1.807, 2.05) is 0 Å². The van der Waals surface area contributed by atoms with Crippen LogP contribution in [-0.4, -0.2) is 13.4 Å². The summed E-state index contributed by atoms with van der Waals surface area (Å²) in [6.45, 7) is 1.75. The number of nitrogens with zero attached hydrogens (tertiary/aromatic N) is 1. The van der Waals surface area contributed by atoms with Gasteiger partial charge in [0.1, 0.15) is 5.15 Å². The number of aromatic nitrogens is 1. The molecular formula is C12H10Cl2N2O2S.